The van der Waals surface area contributed by atoms with Crippen LogP contribution in [0.25, 0.3) is 11.4 Å². The van der Waals surface area contributed by atoms with Crippen LogP contribution in [0.1, 0.15) is 0 Å². The highest BCUT2D eigenvalue weighted by atomic mass is 79.9. The molecule has 0 amide bonds. The van der Waals surface area contributed by atoms with Gasteiger partial charge in [-0.3, -0.25) is 0 Å². The molecule has 0 bridgehead atoms. The summed E-state index contributed by atoms with van der Waals surface area (Å²) < 4.78 is 1.71. The lowest BCUT2D eigenvalue weighted by atomic mass is 10.2. The van der Waals surface area contributed by atoms with Gasteiger partial charge in [0.15, 0.2) is 5.82 Å². The number of halogens is 2. The highest BCUT2D eigenvalue weighted by Crippen LogP contribution is 2.32. The zero-order chi connectivity index (χ0) is 10.1. The summed E-state index contributed by atoms with van der Waals surface area (Å²) in [4.78, 5) is 0. The summed E-state index contributed by atoms with van der Waals surface area (Å²) in [5.41, 5.74) is 7.22. The fourth-order valence-corrected chi connectivity index (χ4v) is 2.28. The number of nitrogens with zero attached hydrogens (tertiary/aromatic N) is 3. The lowest BCUT2D eigenvalue weighted by molar-refractivity contribution is 0.881. The first-order chi connectivity index (χ1) is 6.68. The Kier molecular flexibility index (Phi) is 2.51. The van der Waals surface area contributed by atoms with Crippen LogP contribution in [-0.2, 0) is 0 Å². The fraction of sp³-hybridized carbons (Fsp3) is 0. The van der Waals surface area contributed by atoms with Crippen molar-refractivity contribution in [2.24, 2.45) is 0 Å². The van der Waals surface area contributed by atoms with Gasteiger partial charge in [-0.15, -0.1) is 5.10 Å². The largest absolute Gasteiger partial charge is 0.397 e. The molecule has 72 valence electrons. The van der Waals surface area contributed by atoms with Gasteiger partial charge in [-0.05, 0) is 38.5 Å². The fourth-order valence-electron chi connectivity index (χ4n) is 1.05. The second-order valence-electron chi connectivity index (χ2n) is 2.60. The van der Waals surface area contributed by atoms with Gasteiger partial charge in [0.1, 0.15) is 0 Å². The van der Waals surface area contributed by atoms with Gasteiger partial charge in [0, 0.05) is 14.5 Å². The molecule has 0 spiro atoms. The van der Waals surface area contributed by atoms with Crippen LogP contribution in [0.3, 0.4) is 0 Å². The number of anilines is 1. The Bertz CT molecular complexity index is 453. The van der Waals surface area contributed by atoms with E-state index in [0.717, 1.165) is 14.5 Å². The molecule has 1 aromatic heterocycles. The van der Waals surface area contributed by atoms with Crippen molar-refractivity contribution in [2.75, 3.05) is 5.73 Å². The van der Waals surface area contributed by atoms with E-state index in [1.807, 2.05) is 12.1 Å². The van der Waals surface area contributed by atoms with Crippen LogP contribution in [0.15, 0.2) is 21.1 Å². The van der Waals surface area contributed by atoms with Crippen molar-refractivity contribution < 1.29 is 0 Å². The number of tetrazole rings is 1. The van der Waals surface area contributed by atoms with Gasteiger partial charge in [-0.25, -0.2) is 5.10 Å². The summed E-state index contributed by atoms with van der Waals surface area (Å²) in [5.74, 6) is 0.546. The molecule has 0 atom stereocenters. The molecule has 0 fully saturated rings. The number of benzene rings is 1. The molecule has 3 N–H and O–H groups in total. The number of nitrogens with one attached hydrogen (secondary N) is 1. The van der Waals surface area contributed by atoms with E-state index in [-0.39, 0.29) is 0 Å². The van der Waals surface area contributed by atoms with Crippen molar-refractivity contribution >= 4 is 37.5 Å². The molecule has 14 heavy (non-hydrogen) atoms. The van der Waals surface area contributed by atoms with Gasteiger partial charge >= 0.3 is 0 Å². The molecule has 5 nitrogen and oxygen atoms in total. The maximum Gasteiger partial charge on any atom is 0.181 e. The molecule has 0 saturated carbocycles. The van der Waals surface area contributed by atoms with Crippen LogP contribution in [-0.4, -0.2) is 20.6 Å². The van der Waals surface area contributed by atoms with E-state index in [2.05, 4.69) is 52.5 Å². The van der Waals surface area contributed by atoms with E-state index in [4.69, 9.17) is 5.73 Å². The first kappa shape index (κ1) is 9.60. The molecule has 1 heterocycles. The SMILES string of the molecule is Nc1c(Br)cc(Br)cc1-c1nnn[nH]1. The standard InChI is InChI=1S/C7H5Br2N5/c8-3-1-4(6(10)5(9)2-3)7-11-13-14-12-7/h1-2H,10H2,(H,11,12,13,14). The van der Waals surface area contributed by atoms with E-state index < -0.39 is 0 Å². The number of aromatic nitrogens is 4. The minimum atomic E-state index is 0.546. The van der Waals surface area contributed by atoms with Crippen molar-refractivity contribution in [1.82, 2.24) is 20.6 Å². The van der Waals surface area contributed by atoms with Crippen LogP contribution in [0, 0.1) is 0 Å². The van der Waals surface area contributed by atoms with Crippen molar-refractivity contribution in [3.63, 3.8) is 0 Å². The van der Waals surface area contributed by atoms with Crippen LogP contribution < -0.4 is 5.73 Å². The number of H-pyrrole nitrogens is 1. The Balaban J connectivity index is 2.64. The molecule has 2 rings (SSSR count). The minimum absolute atomic E-state index is 0.546. The second-order valence-corrected chi connectivity index (χ2v) is 4.37. The molecule has 0 aliphatic carbocycles. The third-order valence-corrected chi connectivity index (χ3v) is 2.81. The lowest BCUT2D eigenvalue weighted by Gasteiger charge is -2.04. The molecular formula is C7H5Br2N5. The third-order valence-electron chi connectivity index (χ3n) is 1.69. The summed E-state index contributed by atoms with van der Waals surface area (Å²) in [7, 11) is 0. The summed E-state index contributed by atoms with van der Waals surface area (Å²) in [6.07, 6.45) is 0. The van der Waals surface area contributed by atoms with Crippen molar-refractivity contribution in [3.8, 4) is 11.4 Å². The number of hydrogen-bond acceptors (Lipinski definition) is 4. The van der Waals surface area contributed by atoms with Crippen LogP contribution in [0.4, 0.5) is 5.69 Å². The number of rotatable bonds is 1. The monoisotopic (exact) mass is 317 g/mol. The molecule has 0 aliphatic rings. The van der Waals surface area contributed by atoms with E-state index >= 15 is 0 Å². The van der Waals surface area contributed by atoms with Gasteiger partial charge in [-0.1, -0.05) is 15.9 Å². The molecule has 1 aromatic carbocycles. The van der Waals surface area contributed by atoms with Crippen molar-refractivity contribution in [3.05, 3.63) is 21.1 Å². The number of hydrogen-bond donors (Lipinski definition) is 2. The average Bonchev–Trinajstić information content (AvgIpc) is 2.63. The Morgan fingerprint density at radius 2 is 2.07 bits per heavy atom. The quantitative estimate of drug-likeness (QED) is 0.788. The molecule has 2 aromatic rings. The number of nitrogen functional groups attached to an aromatic ring is 1. The second kappa shape index (κ2) is 3.66. The predicted molar refractivity (Wildman–Crippen MR) is 59.4 cm³/mol. The average molecular weight is 319 g/mol. The lowest BCUT2D eigenvalue weighted by Crippen LogP contribution is -1.93. The summed E-state index contributed by atoms with van der Waals surface area (Å²) in [6, 6.07) is 3.71. The van der Waals surface area contributed by atoms with E-state index in [0.29, 0.717) is 11.5 Å². The van der Waals surface area contributed by atoms with E-state index in [1.165, 1.54) is 0 Å². The van der Waals surface area contributed by atoms with Crippen LogP contribution in [0.2, 0.25) is 0 Å². The number of nitrogens with two attached hydrogens (primary N) is 1. The summed E-state index contributed by atoms with van der Waals surface area (Å²) >= 11 is 6.71. The first-order valence-corrected chi connectivity index (χ1v) is 5.25. The zero-order valence-electron chi connectivity index (χ0n) is 6.83. The van der Waals surface area contributed by atoms with Gasteiger partial charge in [0.25, 0.3) is 0 Å². The predicted octanol–water partition coefficient (Wildman–Crippen LogP) is 1.97. The minimum Gasteiger partial charge on any atom is -0.397 e. The maximum atomic E-state index is 5.86. The Morgan fingerprint density at radius 3 is 2.71 bits per heavy atom. The summed E-state index contributed by atoms with van der Waals surface area (Å²) in [5, 5.41) is 13.4. The third kappa shape index (κ3) is 1.64. The maximum absolute atomic E-state index is 5.86. The molecule has 0 radical (unpaired) electrons. The Morgan fingerprint density at radius 1 is 1.29 bits per heavy atom. The zero-order valence-corrected chi connectivity index (χ0v) is 10.0. The molecule has 7 heteroatoms. The van der Waals surface area contributed by atoms with Gasteiger partial charge in [0.05, 0.1) is 5.69 Å². The molecule has 0 aliphatic heterocycles. The molecular weight excluding hydrogens is 314 g/mol. The normalized spacial score (nSPS) is 10.4. The van der Waals surface area contributed by atoms with Crippen molar-refractivity contribution in [2.45, 2.75) is 0 Å². The van der Waals surface area contributed by atoms with E-state index in [1.54, 1.807) is 0 Å². The van der Waals surface area contributed by atoms with Crippen molar-refractivity contribution in [1.29, 1.82) is 0 Å². The topological polar surface area (TPSA) is 80.5 Å². The highest BCUT2D eigenvalue weighted by Gasteiger charge is 2.10. The number of aromatic amines is 1. The molecule has 0 saturated heterocycles. The van der Waals surface area contributed by atoms with Gasteiger partial charge < -0.3 is 5.73 Å². The molecule has 0 unspecified atom stereocenters. The summed E-state index contributed by atoms with van der Waals surface area (Å²) in [6.45, 7) is 0. The van der Waals surface area contributed by atoms with Crippen LogP contribution >= 0.6 is 31.9 Å². The Labute approximate surface area is 96.3 Å². The van der Waals surface area contributed by atoms with Gasteiger partial charge in [0.2, 0.25) is 0 Å². The van der Waals surface area contributed by atoms with Gasteiger partial charge in [-0.2, -0.15) is 0 Å². The van der Waals surface area contributed by atoms with Crippen LogP contribution in [0.5, 0.6) is 0 Å². The van der Waals surface area contributed by atoms with E-state index in [9.17, 15) is 0 Å². The Hall–Kier alpha value is -0.950. The first-order valence-electron chi connectivity index (χ1n) is 3.67. The smallest absolute Gasteiger partial charge is 0.181 e. The highest BCUT2D eigenvalue weighted by molar-refractivity contribution is 9.11.